The van der Waals surface area contributed by atoms with E-state index in [0.717, 1.165) is 4.47 Å². The predicted octanol–water partition coefficient (Wildman–Crippen LogP) is 2.46. The zero-order chi connectivity index (χ0) is 15.7. The molecule has 112 valence electrons. The third kappa shape index (κ3) is 2.88. The minimum atomic E-state index is -0.563. The smallest absolute Gasteiger partial charge is 0.340 e. The van der Waals surface area contributed by atoms with Crippen molar-refractivity contribution in [2.24, 2.45) is 0 Å². The van der Waals surface area contributed by atoms with E-state index in [1.54, 1.807) is 29.8 Å². The molecule has 6 nitrogen and oxygen atoms in total. The van der Waals surface area contributed by atoms with Crippen molar-refractivity contribution in [2.75, 3.05) is 5.73 Å². The van der Waals surface area contributed by atoms with Gasteiger partial charge in [0.2, 0.25) is 0 Å². The number of thiazole rings is 1. The standard InChI is InChI=1S/C14H10BrN3O3S/c15-8-1-2-11(16)10(5-8)13(20)21-7-9-6-12(19)18-3-4-22-14(18)17-9/h1-6H,7,16H2. The number of ether oxygens (including phenoxy) is 1. The first kappa shape index (κ1) is 14.7. The Morgan fingerprint density at radius 3 is 3.05 bits per heavy atom. The Kier molecular flexibility index (Phi) is 3.95. The maximum atomic E-state index is 12.1. The molecule has 3 aromatic rings. The highest BCUT2D eigenvalue weighted by Gasteiger charge is 2.13. The van der Waals surface area contributed by atoms with Crippen LogP contribution < -0.4 is 11.3 Å². The van der Waals surface area contributed by atoms with Crippen LogP contribution in [-0.4, -0.2) is 15.4 Å². The van der Waals surface area contributed by atoms with E-state index in [-0.39, 0.29) is 17.7 Å². The summed E-state index contributed by atoms with van der Waals surface area (Å²) in [4.78, 5) is 28.7. The quantitative estimate of drug-likeness (QED) is 0.557. The van der Waals surface area contributed by atoms with Crippen LogP contribution in [0.3, 0.4) is 0 Å². The number of carbonyl (C=O) groups excluding carboxylic acids is 1. The van der Waals surface area contributed by atoms with Gasteiger partial charge in [-0.3, -0.25) is 9.20 Å². The monoisotopic (exact) mass is 379 g/mol. The van der Waals surface area contributed by atoms with E-state index < -0.39 is 5.97 Å². The molecule has 1 aromatic carbocycles. The highest BCUT2D eigenvalue weighted by atomic mass is 79.9. The molecule has 0 saturated carbocycles. The van der Waals surface area contributed by atoms with Gasteiger partial charge in [0.25, 0.3) is 5.56 Å². The van der Waals surface area contributed by atoms with Crippen molar-refractivity contribution < 1.29 is 9.53 Å². The fourth-order valence-corrected chi connectivity index (χ4v) is 2.98. The summed E-state index contributed by atoms with van der Waals surface area (Å²) in [5, 5.41) is 1.77. The van der Waals surface area contributed by atoms with Crippen molar-refractivity contribution in [2.45, 2.75) is 6.61 Å². The molecular formula is C14H10BrN3O3S. The second-order valence-corrected chi connectivity index (χ2v) is 6.24. The topological polar surface area (TPSA) is 86.7 Å². The number of nitrogens with two attached hydrogens (primary N) is 1. The number of halogens is 1. The van der Waals surface area contributed by atoms with Gasteiger partial charge in [-0.25, -0.2) is 9.78 Å². The van der Waals surface area contributed by atoms with Gasteiger partial charge >= 0.3 is 5.97 Å². The first-order chi connectivity index (χ1) is 10.5. The van der Waals surface area contributed by atoms with E-state index in [2.05, 4.69) is 20.9 Å². The van der Waals surface area contributed by atoms with Crippen molar-refractivity contribution in [3.05, 3.63) is 61.9 Å². The molecule has 0 fully saturated rings. The first-order valence-electron chi connectivity index (χ1n) is 6.22. The Morgan fingerprint density at radius 1 is 1.41 bits per heavy atom. The summed E-state index contributed by atoms with van der Waals surface area (Å²) >= 11 is 4.61. The lowest BCUT2D eigenvalue weighted by Gasteiger charge is -2.07. The number of anilines is 1. The van der Waals surface area contributed by atoms with E-state index >= 15 is 0 Å². The number of rotatable bonds is 3. The largest absolute Gasteiger partial charge is 0.456 e. The Morgan fingerprint density at radius 2 is 2.23 bits per heavy atom. The number of nitrogens with zero attached hydrogens (tertiary/aromatic N) is 2. The summed E-state index contributed by atoms with van der Waals surface area (Å²) in [5.74, 6) is -0.563. The van der Waals surface area contributed by atoms with E-state index in [9.17, 15) is 9.59 Å². The van der Waals surface area contributed by atoms with Gasteiger partial charge in [-0.15, -0.1) is 11.3 Å². The molecule has 2 heterocycles. The molecule has 0 saturated heterocycles. The number of nitrogen functional groups attached to an aromatic ring is 1. The normalized spacial score (nSPS) is 10.8. The van der Waals surface area contributed by atoms with Crippen LogP contribution in [0.5, 0.6) is 0 Å². The van der Waals surface area contributed by atoms with Crippen LogP contribution in [0.25, 0.3) is 4.96 Å². The average Bonchev–Trinajstić information content (AvgIpc) is 2.96. The number of carbonyl (C=O) groups is 1. The van der Waals surface area contributed by atoms with Gasteiger partial charge in [0, 0.05) is 27.8 Å². The van der Waals surface area contributed by atoms with Gasteiger partial charge in [-0.05, 0) is 18.2 Å². The lowest BCUT2D eigenvalue weighted by Crippen LogP contribution is -2.15. The summed E-state index contributed by atoms with van der Waals surface area (Å²) in [7, 11) is 0. The van der Waals surface area contributed by atoms with E-state index in [1.807, 2.05) is 0 Å². The van der Waals surface area contributed by atoms with Crippen LogP contribution in [0, 0.1) is 0 Å². The summed E-state index contributed by atoms with van der Waals surface area (Å²) in [6.45, 7) is -0.0889. The molecule has 0 radical (unpaired) electrons. The van der Waals surface area contributed by atoms with Crippen LogP contribution in [0.2, 0.25) is 0 Å². The van der Waals surface area contributed by atoms with E-state index in [1.165, 1.54) is 21.8 Å². The Hall–Kier alpha value is -2.19. The second kappa shape index (κ2) is 5.90. The third-order valence-corrected chi connectivity index (χ3v) is 4.19. The Bertz CT molecular complexity index is 919. The fraction of sp³-hybridized carbons (Fsp3) is 0.0714. The minimum Gasteiger partial charge on any atom is -0.456 e. The van der Waals surface area contributed by atoms with Crippen LogP contribution in [-0.2, 0) is 11.3 Å². The molecule has 2 N–H and O–H groups in total. The molecule has 2 aromatic heterocycles. The molecule has 0 spiro atoms. The Labute approximate surface area is 137 Å². The molecule has 22 heavy (non-hydrogen) atoms. The summed E-state index contributed by atoms with van der Waals surface area (Å²) in [6, 6.07) is 6.28. The lowest BCUT2D eigenvalue weighted by molar-refractivity contribution is 0.0469. The van der Waals surface area contributed by atoms with Gasteiger partial charge in [-0.2, -0.15) is 0 Å². The number of fused-ring (bicyclic) bond motifs is 1. The number of hydrogen-bond donors (Lipinski definition) is 1. The maximum Gasteiger partial charge on any atom is 0.340 e. The third-order valence-electron chi connectivity index (χ3n) is 2.94. The molecule has 0 aliphatic heterocycles. The predicted molar refractivity (Wildman–Crippen MR) is 87.0 cm³/mol. The lowest BCUT2D eigenvalue weighted by atomic mass is 10.2. The van der Waals surface area contributed by atoms with Crippen LogP contribution >= 0.6 is 27.3 Å². The van der Waals surface area contributed by atoms with Crippen molar-refractivity contribution in [3.8, 4) is 0 Å². The summed E-state index contributed by atoms with van der Waals surface area (Å²) < 4.78 is 7.34. The number of aromatic nitrogens is 2. The molecule has 0 atom stereocenters. The maximum absolute atomic E-state index is 12.1. The summed E-state index contributed by atoms with van der Waals surface area (Å²) in [6.07, 6.45) is 1.65. The van der Waals surface area contributed by atoms with E-state index in [4.69, 9.17) is 10.5 Å². The van der Waals surface area contributed by atoms with Crippen molar-refractivity contribution >= 4 is 43.9 Å². The molecule has 0 amide bonds. The fourth-order valence-electron chi connectivity index (χ4n) is 1.88. The van der Waals surface area contributed by atoms with Crippen LogP contribution in [0.1, 0.15) is 16.1 Å². The molecule has 0 unspecified atom stereocenters. The number of benzene rings is 1. The molecule has 0 aliphatic carbocycles. The molecular weight excluding hydrogens is 370 g/mol. The van der Waals surface area contributed by atoms with Crippen LogP contribution in [0.4, 0.5) is 5.69 Å². The van der Waals surface area contributed by atoms with Crippen molar-refractivity contribution in [1.29, 1.82) is 0 Å². The Balaban J connectivity index is 1.80. The molecule has 0 bridgehead atoms. The van der Waals surface area contributed by atoms with Gasteiger partial charge in [0.05, 0.1) is 11.3 Å². The van der Waals surface area contributed by atoms with Gasteiger partial charge in [-0.1, -0.05) is 15.9 Å². The first-order valence-corrected chi connectivity index (χ1v) is 7.90. The van der Waals surface area contributed by atoms with E-state index in [0.29, 0.717) is 16.3 Å². The van der Waals surface area contributed by atoms with Gasteiger partial charge < -0.3 is 10.5 Å². The highest BCUT2D eigenvalue weighted by molar-refractivity contribution is 9.10. The summed E-state index contributed by atoms with van der Waals surface area (Å²) in [5.41, 5.74) is 6.54. The van der Waals surface area contributed by atoms with Gasteiger partial charge in [0.15, 0.2) is 4.96 Å². The van der Waals surface area contributed by atoms with Crippen LogP contribution in [0.15, 0.2) is 45.1 Å². The number of hydrogen-bond acceptors (Lipinski definition) is 6. The SMILES string of the molecule is Nc1ccc(Br)cc1C(=O)OCc1cc(=O)n2ccsc2n1. The van der Waals surface area contributed by atoms with Gasteiger partial charge in [0.1, 0.15) is 6.61 Å². The van der Waals surface area contributed by atoms with Crippen molar-refractivity contribution in [3.63, 3.8) is 0 Å². The molecule has 3 rings (SSSR count). The molecule has 8 heteroatoms. The molecule has 0 aliphatic rings. The average molecular weight is 380 g/mol. The second-order valence-electron chi connectivity index (χ2n) is 4.45. The minimum absolute atomic E-state index is 0.0889. The van der Waals surface area contributed by atoms with Crippen molar-refractivity contribution in [1.82, 2.24) is 9.38 Å². The highest BCUT2D eigenvalue weighted by Crippen LogP contribution is 2.19. The number of esters is 1. The zero-order valence-electron chi connectivity index (χ0n) is 11.2. The zero-order valence-corrected chi connectivity index (χ0v) is 13.6.